The summed E-state index contributed by atoms with van der Waals surface area (Å²) in [4.78, 5) is 12.2. The number of benzene rings is 3. The summed E-state index contributed by atoms with van der Waals surface area (Å²) in [5.41, 5.74) is 2.48. The van der Waals surface area contributed by atoms with Crippen LogP contribution >= 0.6 is 11.3 Å². The van der Waals surface area contributed by atoms with Crippen LogP contribution in [-0.4, -0.2) is 24.5 Å². The minimum absolute atomic E-state index is 0.0978. The molecule has 9 heteroatoms. The summed E-state index contributed by atoms with van der Waals surface area (Å²) in [5, 5.41) is 10.2. The quantitative estimate of drug-likeness (QED) is 0.440. The van der Waals surface area contributed by atoms with Gasteiger partial charge in [0.2, 0.25) is 5.13 Å². The topological polar surface area (TPSA) is 101 Å². The highest BCUT2D eigenvalue weighted by Crippen LogP contribution is 2.30. The van der Waals surface area contributed by atoms with E-state index in [2.05, 4.69) is 20.2 Å². The first kappa shape index (κ1) is 19.7. The zero-order valence-electron chi connectivity index (χ0n) is 15.5. The normalized spacial score (nSPS) is 11.1. The first-order chi connectivity index (χ1) is 14.5. The smallest absolute Gasteiger partial charge is 0.291 e. The fourth-order valence-corrected chi connectivity index (χ4v) is 4.73. The van der Waals surface area contributed by atoms with Gasteiger partial charge in [0.1, 0.15) is 0 Å². The monoisotopic (exact) mass is 436 g/mol. The Morgan fingerprint density at radius 3 is 2.17 bits per heavy atom. The van der Waals surface area contributed by atoms with E-state index in [-0.39, 0.29) is 9.47 Å². The van der Waals surface area contributed by atoms with Crippen molar-refractivity contribution in [1.29, 1.82) is 0 Å². The summed E-state index contributed by atoms with van der Waals surface area (Å²) in [5.74, 6) is -0.391. The number of hydrogen-bond acceptors (Lipinski definition) is 6. The molecule has 0 unspecified atom stereocenters. The maximum Gasteiger partial charge on any atom is 0.291 e. The number of nitrogens with one attached hydrogen (secondary N) is 2. The first-order valence-corrected chi connectivity index (χ1v) is 11.2. The molecule has 150 valence electrons. The van der Waals surface area contributed by atoms with Crippen molar-refractivity contribution < 1.29 is 13.2 Å². The molecule has 0 aliphatic heterocycles. The zero-order chi connectivity index (χ0) is 21.0. The molecule has 2 N–H and O–H groups in total. The third-order valence-corrected chi connectivity index (χ3v) is 6.72. The predicted octanol–water partition coefficient (Wildman–Crippen LogP) is 4.26. The minimum atomic E-state index is -3.98. The van der Waals surface area contributed by atoms with Crippen LogP contribution < -0.4 is 10.0 Å². The summed E-state index contributed by atoms with van der Waals surface area (Å²) in [6.07, 6.45) is 0. The molecule has 3 aromatic carbocycles. The number of sulfonamides is 1. The standard InChI is InChI=1S/C21H16N4O3S2/c26-19(16-11-5-2-6-12-16)22-20-23-24-21(29-20)30(27,28)25-18-14-8-7-13-17(18)15-9-3-1-4-10-15/h1-14,25H,(H,22,23,26). The number of rotatable bonds is 6. The molecule has 0 aliphatic rings. The van der Waals surface area contributed by atoms with E-state index in [0.29, 0.717) is 11.3 Å². The largest absolute Gasteiger partial charge is 0.296 e. The van der Waals surface area contributed by atoms with Crippen molar-refractivity contribution >= 4 is 38.1 Å². The Bertz CT molecular complexity index is 1270. The molecule has 4 aromatic rings. The molecule has 0 aliphatic carbocycles. The molecule has 0 fully saturated rings. The fraction of sp³-hybridized carbons (Fsp3) is 0. The second-order valence-electron chi connectivity index (χ2n) is 6.21. The van der Waals surface area contributed by atoms with Crippen LogP contribution in [0.4, 0.5) is 10.8 Å². The average Bonchev–Trinajstić information content (AvgIpc) is 3.25. The number of carbonyl (C=O) groups is 1. The van der Waals surface area contributed by atoms with Gasteiger partial charge in [-0.3, -0.25) is 14.8 Å². The summed E-state index contributed by atoms with van der Waals surface area (Å²) >= 11 is 0.779. The van der Waals surface area contributed by atoms with Gasteiger partial charge in [-0.2, -0.15) is 8.42 Å². The number of carbonyl (C=O) groups excluding carboxylic acids is 1. The predicted molar refractivity (Wildman–Crippen MR) is 117 cm³/mol. The lowest BCUT2D eigenvalue weighted by Crippen LogP contribution is -2.13. The van der Waals surface area contributed by atoms with E-state index < -0.39 is 15.9 Å². The molecule has 4 rings (SSSR count). The van der Waals surface area contributed by atoms with Gasteiger partial charge in [0.15, 0.2) is 0 Å². The minimum Gasteiger partial charge on any atom is -0.296 e. The van der Waals surface area contributed by atoms with E-state index in [9.17, 15) is 13.2 Å². The average molecular weight is 437 g/mol. The molecule has 0 saturated carbocycles. The second kappa shape index (κ2) is 8.44. The van der Waals surface area contributed by atoms with E-state index in [4.69, 9.17) is 0 Å². The van der Waals surface area contributed by atoms with Crippen LogP contribution in [0.25, 0.3) is 11.1 Å². The lowest BCUT2D eigenvalue weighted by molar-refractivity contribution is 0.102. The molecule has 1 heterocycles. The van der Waals surface area contributed by atoms with Crippen LogP contribution in [0.15, 0.2) is 89.3 Å². The van der Waals surface area contributed by atoms with Crippen molar-refractivity contribution in [3.63, 3.8) is 0 Å². The van der Waals surface area contributed by atoms with Gasteiger partial charge in [0.25, 0.3) is 20.3 Å². The van der Waals surface area contributed by atoms with Crippen LogP contribution in [0.1, 0.15) is 10.4 Å². The van der Waals surface area contributed by atoms with E-state index in [0.717, 1.165) is 22.5 Å². The van der Waals surface area contributed by atoms with Crippen LogP contribution in [0.3, 0.4) is 0 Å². The molecule has 30 heavy (non-hydrogen) atoms. The van der Waals surface area contributed by atoms with Gasteiger partial charge in [0, 0.05) is 11.1 Å². The lowest BCUT2D eigenvalue weighted by atomic mass is 10.0. The number of para-hydroxylation sites is 1. The van der Waals surface area contributed by atoms with Gasteiger partial charge in [-0.25, -0.2) is 0 Å². The molecular formula is C21H16N4O3S2. The number of amides is 1. The van der Waals surface area contributed by atoms with Gasteiger partial charge in [0.05, 0.1) is 5.69 Å². The van der Waals surface area contributed by atoms with Gasteiger partial charge < -0.3 is 0 Å². The highest BCUT2D eigenvalue weighted by molar-refractivity contribution is 7.94. The van der Waals surface area contributed by atoms with E-state index in [1.165, 1.54) is 0 Å². The van der Waals surface area contributed by atoms with Crippen molar-refractivity contribution in [3.05, 3.63) is 90.5 Å². The number of hydrogen-bond donors (Lipinski definition) is 2. The molecule has 0 atom stereocenters. The van der Waals surface area contributed by atoms with Crippen LogP contribution in [0, 0.1) is 0 Å². The van der Waals surface area contributed by atoms with Gasteiger partial charge in [-0.05, 0) is 23.8 Å². The molecule has 0 saturated heterocycles. The van der Waals surface area contributed by atoms with Gasteiger partial charge in [-0.15, -0.1) is 10.2 Å². The lowest BCUT2D eigenvalue weighted by Gasteiger charge is -2.11. The molecule has 1 amide bonds. The van der Waals surface area contributed by atoms with Crippen molar-refractivity contribution in [3.8, 4) is 11.1 Å². The van der Waals surface area contributed by atoms with Crippen LogP contribution in [0.2, 0.25) is 0 Å². The number of anilines is 2. The maximum absolute atomic E-state index is 12.8. The zero-order valence-corrected chi connectivity index (χ0v) is 17.2. The van der Waals surface area contributed by atoms with E-state index in [1.807, 2.05) is 42.5 Å². The molecule has 0 radical (unpaired) electrons. The molecular weight excluding hydrogens is 420 g/mol. The Hall–Kier alpha value is -3.56. The van der Waals surface area contributed by atoms with E-state index in [1.54, 1.807) is 42.5 Å². The highest BCUT2D eigenvalue weighted by Gasteiger charge is 2.22. The van der Waals surface area contributed by atoms with Crippen molar-refractivity contribution in [2.24, 2.45) is 0 Å². The summed E-state index contributed by atoms with van der Waals surface area (Å²) in [7, 11) is -3.98. The van der Waals surface area contributed by atoms with Crippen LogP contribution in [0.5, 0.6) is 0 Å². The van der Waals surface area contributed by atoms with Crippen LogP contribution in [-0.2, 0) is 10.0 Å². The third-order valence-electron chi connectivity index (χ3n) is 4.15. The number of aromatic nitrogens is 2. The number of nitrogens with zero attached hydrogens (tertiary/aromatic N) is 2. The Morgan fingerprint density at radius 1 is 0.800 bits per heavy atom. The van der Waals surface area contributed by atoms with Gasteiger partial charge in [-0.1, -0.05) is 78.1 Å². The van der Waals surface area contributed by atoms with Crippen molar-refractivity contribution in [1.82, 2.24) is 10.2 Å². The van der Waals surface area contributed by atoms with Gasteiger partial charge >= 0.3 is 0 Å². The summed E-state index contributed by atoms with van der Waals surface area (Å²) in [6.45, 7) is 0. The Labute approximate surface area is 177 Å². The van der Waals surface area contributed by atoms with Crippen molar-refractivity contribution in [2.45, 2.75) is 4.34 Å². The summed E-state index contributed by atoms with van der Waals surface area (Å²) in [6, 6.07) is 25.1. The SMILES string of the molecule is O=C(Nc1nnc(S(=O)(=O)Nc2ccccc2-c2ccccc2)s1)c1ccccc1. The van der Waals surface area contributed by atoms with E-state index >= 15 is 0 Å². The molecule has 7 nitrogen and oxygen atoms in total. The third kappa shape index (κ3) is 4.37. The Kier molecular flexibility index (Phi) is 5.55. The Morgan fingerprint density at radius 2 is 1.43 bits per heavy atom. The molecule has 0 spiro atoms. The first-order valence-electron chi connectivity index (χ1n) is 8.90. The second-order valence-corrected chi connectivity index (χ2v) is 9.04. The molecule has 1 aromatic heterocycles. The Balaban J connectivity index is 1.55. The summed E-state index contributed by atoms with van der Waals surface area (Å²) < 4.78 is 28.0. The molecule has 0 bridgehead atoms. The highest BCUT2D eigenvalue weighted by atomic mass is 32.2. The van der Waals surface area contributed by atoms with Crippen molar-refractivity contribution in [2.75, 3.05) is 10.0 Å². The maximum atomic E-state index is 12.8. The fourth-order valence-electron chi connectivity index (χ4n) is 2.76.